The number of amides is 1. The van der Waals surface area contributed by atoms with Crippen molar-refractivity contribution < 1.29 is 14.3 Å². The molecular formula is C24H28N2O3. The molecule has 0 aliphatic carbocycles. The number of nitriles is 1. The van der Waals surface area contributed by atoms with Crippen LogP contribution in [0.2, 0.25) is 0 Å². The minimum atomic E-state index is -0.447. The van der Waals surface area contributed by atoms with Crippen LogP contribution in [-0.2, 0) is 4.79 Å². The van der Waals surface area contributed by atoms with Crippen molar-refractivity contribution in [3.63, 3.8) is 0 Å². The van der Waals surface area contributed by atoms with Gasteiger partial charge in [0.25, 0.3) is 5.91 Å². The number of nitrogens with zero attached hydrogens (tertiary/aromatic N) is 1. The number of methoxy groups -OCH3 is 1. The maximum absolute atomic E-state index is 12.5. The number of carbonyl (C=O) groups excluding carboxylic acids is 1. The molecule has 0 saturated carbocycles. The van der Waals surface area contributed by atoms with E-state index in [0.29, 0.717) is 29.4 Å². The van der Waals surface area contributed by atoms with Gasteiger partial charge in [-0.3, -0.25) is 4.79 Å². The van der Waals surface area contributed by atoms with E-state index in [4.69, 9.17) is 9.47 Å². The Labute approximate surface area is 173 Å². The van der Waals surface area contributed by atoms with E-state index in [1.165, 1.54) is 12.8 Å². The molecule has 0 radical (unpaired) electrons. The van der Waals surface area contributed by atoms with Crippen LogP contribution in [0.25, 0.3) is 6.08 Å². The molecule has 0 aromatic heterocycles. The third kappa shape index (κ3) is 6.69. The number of ether oxygens (including phenoxy) is 2. The number of carbonyl (C=O) groups is 1. The smallest absolute Gasteiger partial charge is 0.266 e. The van der Waals surface area contributed by atoms with E-state index in [2.05, 4.69) is 12.2 Å². The van der Waals surface area contributed by atoms with Crippen LogP contribution in [0.1, 0.15) is 43.7 Å². The highest BCUT2D eigenvalue weighted by molar-refractivity contribution is 6.10. The number of hydrogen-bond acceptors (Lipinski definition) is 4. The first-order chi connectivity index (χ1) is 14.1. The number of rotatable bonds is 10. The van der Waals surface area contributed by atoms with Crippen molar-refractivity contribution in [2.45, 2.75) is 39.5 Å². The molecule has 0 unspecified atom stereocenters. The van der Waals surface area contributed by atoms with Gasteiger partial charge in [0.2, 0.25) is 0 Å². The molecule has 0 saturated heterocycles. The largest absolute Gasteiger partial charge is 0.493 e. The van der Waals surface area contributed by atoms with Crippen molar-refractivity contribution in [3.05, 3.63) is 59.2 Å². The summed E-state index contributed by atoms with van der Waals surface area (Å²) in [5, 5.41) is 12.2. The molecule has 5 heteroatoms. The predicted molar refractivity (Wildman–Crippen MR) is 116 cm³/mol. The zero-order valence-electron chi connectivity index (χ0n) is 17.3. The molecule has 0 heterocycles. The zero-order chi connectivity index (χ0) is 21.1. The monoisotopic (exact) mass is 392 g/mol. The Hall–Kier alpha value is -3.26. The van der Waals surface area contributed by atoms with E-state index < -0.39 is 5.91 Å². The van der Waals surface area contributed by atoms with Crippen molar-refractivity contribution in [1.29, 1.82) is 5.26 Å². The SMILES string of the molecule is CCCCCCOc1ccc(/C=C(/C#N)C(=O)Nc2ccccc2C)cc1OC. The van der Waals surface area contributed by atoms with Gasteiger partial charge in [-0.15, -0.1) is 0 Å². The van der Waals surface area contributed by atoms with Crippen molar-refractivity contribution in [2.75, 3.05) is 19.0 Å². The van der Waals surface area contributed by atoms with Gasteiger partial charge in [0.1, 0.15) is 11.6 Å². The molecule has 0 fully saturated rings. The summed E-state index contributed by atoms with van der Waals surface area (Å²) in [6, 6.07) is 14.8. The Morgan fingerprint density at radius 1 is 1.14 bits per heavy atom. The molecule has 0 spiro atoms. The molecule has 152 valence electrons. The number of unbranched alkanes of at least 4 members (excludes halogenated alkanes) is 3. The first-order valence-corrected chi connectivity index (χ1v) is 9.88. The molecule has 1 amide bonds. The summed E-state index contributed by atoms with van der Waals surface area (Å²) in [6.07, 6.45) is 6.06. The average molecular weight is 392 g/mol. The van der Waals surface area contributed by atoms with Crippen molar-refractivity contribution in [1.82, 2.24) is 0 Å². The summed E-state index contributed by atoms with van der Waals surface area (Å²) in [7, 11) is 1.57. The van der Waals surface area contributed by atoms with E-state index in [9.17, 15) is 10.1 Å². The lowest BCUT2D eigenvalue weighted by atomic mass is 10.1. The Morgan fingerprint density at radius 3 is 2.62 bits per heavy atom. The number of para-hydroxylation sites is 1. The third-order valence-electron chi connectivity index (χ3n) is 4.51. The fraction of sp³-hybridized carbons (Fsp3) is 0.333. The lowest BCUT2D eigenvalue weighted by molar-refractivity contribution is -0.112. The van der Waals surface area contributed by atoms with Crippen molar-refractivity contribution >= 4 is 17.7 Å². The normalized spacial score (nSPS) is 10.9. The van der Waals surface area contributed by atoms with Crippen LogP contribution in [0.5, 0.6) is 11.5 Å². The third-order valence-corrected chi connectivity index (χ3v) is 4.51. The molecule has 0 aliphatic rings. The fourth-order valence-electron chi connectivity index (χ4n) is 2.82. The van der Waals surface area contributed by atoms with E-state index in [1.54, 1.807) is 31.4 Å². The molecule has 0 aliphatic heterocycles. The van der Waals surface area contributed by atoms with Crippen LogP contribution in [0.3, 0.4) is 0 Å². The molecule has 0 bridgehead atoms. The van der Waals surface area contributed by atoms with E-state index in [0.717, 1.165) is 18.4 Å². The van der Waals surface area contributed by atoms with Gasteiger partial charge in [-0.25, -0.2) is 0 Å². The summed E-state index contributed by atoms with van der Waals surface area (Å²) in [6.45, 7) is 4.71. The topological polar surface area (TPSA) is 71.3 Å². The minimum absolute atomic E-state index is 0.0172. The van der Waals surface area contributed by atoms with Gasteiger partial charge in [0.05, 0.1) is 13.7 Å². The average Bonchev–Trinajstić information content (AvgIpc) is 2.73. The van der Waals surface area contributed by atoms with E-state index >= 15 is 0 Å². The minimum Gasteiger partial charge on any atom is -0.493 e. The van der Waals surface area contributed by atoms with Crippen molar-refractivity contribution in [3.8, 4) is 17.6 Å². The van der Waals surface area contributed by atoms with Gasteiger partial charge in [0.15, 0.2) is 11.5 Å². The first kappa shape index (κ1) is 22.0. The number of anilines is 1. The second-order valence-corrected chi connectivity index (χ2v) is 6.76. The lowest BCUT2D eigenvalue weighted by Crippen LogP contribution is -2.14. The van der Waals surface area contributed by atoms with Crippen LogP contribution in [0.15, 0.2) is 48.0 Å². The van der Waals surface area contributed by atoms with Crippen molar-refractivity contribution in [2.24, 2.45) is 0 Å². The number of nitrogens with one attached hydrogen (secondary N) is 1. The molecule has 0 atom stereocenters. The Kier molecular flexibility index (Phi) is 8.78. The van der Waals surface area contributed by atoms with E-state index in [-0.39, 0.29) is 5.57 Å². The Morgan fingerprint density at radius 2 is 1.93 bits per heavy atom. The summed E-state index contributed by atoms with van der Waals surface area (Å²) < 4.78 is 11.2. The van der Waals surface area contributed by atoms with Gasteiger partial charge < -0.3 is 14.8 Å². The van der Waals surface area contributed by atoms with Gasteiger partial charge >= 0.3 is 0 Å². The fourth-order valence-corrected chi connectivity index (χ4v) is 2.82. The van der Waals surface area contributed by atoms with Crippen LogP contribution in [0.4, 0.5) is 5.69 Å². The molecular weight excluding hydrogens is 364 g/mol. The summed E-state index contributed by atoms with van der Waals surface area (Å²) >= 11 is 0. The molecule has 2 aromatic carbocycles. The maximum atomic E-state index is 12.5. The lowest BCUT2D eigenvalue weighted by Gasteiger charge is -2.11. The summed E-state index contributed by atoms with van der Waals surface area (Å²) in [5.41, 5.74) is 2.32. The van der Waals surface area contributed by atoms with Crippen LogP contribution in [-0.4, -0.2) is 19.6 Å². The van der Waals surface area contributed by atoms with E-state index in [1.807, 2.05) is 37.3 Å². The van der Waals surface area contributed by atoms with Gasteiger partial charge in [0, 0.05) is 5.69 Å². The Balaban J connectivity index is 2.11. The second-order valence-electron chi connectivity index (χ2n) is 6.76. The summed E-state index contributed by atoms with van der Waals surface area (Å²) in [5.74, 6) is 0.784. The number of aryl methyl sites for hydroxylation is 1. The highest BCUT2D eigenvalue weighted by Crippen LogP contribution is 2.29. The molecule has 2 rings (SSSR count). The Bertz CT molecular complexity index is 897. The van der Waals surface area contributed by atoms with Crippen LogP contribution < -0.4 is 14.8 Å². The highest BCUT2D eigenvalue weighted by Gasteiger charge is 2.12. The van der Waals surface area contributed by atoms with Gasteiger partial charge in [-0.2, -0.15) is 5.26 Å². The molecule has 29 heavy (non-hydrogen) atoms. The van der Waals surface area contributed by atoms with Crippen LogP contribution >= 0.6 is 0 Å². The second kappa shape index (κ2) is 11.6. The summed E-state index contributed by atoms with van der Waals surface area (Å²) in [4.78, 5) is 12.5. The number of benzene rings is 2. The predicted octanol–water partition coefficient (Wildman–Crippen LogP) is 5.51. The number of hydrogen-bond donors (Lipinski definition) is 1. The van der Waals surface area contributed by atoms with Gasteiger partial charge in [-0.05, 0) is 48.7 Å². The quantitative estimate of drug-likeness (QED) is 0.329. The van der Waals surface area contributed by atoms with Gasteiger partial charge in [-0.1, -0.05) is 50.5 Å². The maximum Gasteiger partial charge on any atom is 0.266 e. The zero-order valence-corrected chi connectivity index (χ0v) is 17.3. The van der Waals surface area contributed by atoms with Crippen LogP contribution in [0, 0.1) is 18.3 Å². The first-order valence-electron chi connectivity index (χ1n) is 9.88. The molecule has 2 aromatic rings. The standard InChI is InChI=1S/C24H28N2O3/c1-4-5-6-9-14-29-22-13-12-19(16-23(22)28-3)15-20(17-25)24(27)26-21-11-8-7-10-18(21)2/h7-8,10-13,15-16H,4-6,9,14H2,1-3H3,(H,26,27)/b20-15-. The molecule has 5 nitrogen and oxygen atoms in total. The molecule has 1 N–H and O–H groups in total. The highest BCUT2D eigenvalue weighted by atomic mass is 16.5.